The molecule has 1 saturated heterocycles. The Morgan fingerprint density at radius 3 is 2.53 bits per heavy atom. The third-order valence-electron chi connectivity index (χ3n) is 6.05. The lowest BCUT2D eigenvalue weighted by molar-refractivity contribution is -0.120. The Balaban J connectivity index is 1.33. The van der Waals surface area contributed by atoms with Crippen LogP contribution in [0.2, 0.25) is 0 Å². The SMILES string of the molecule is Cc1cc(C)nc(N2CCC(C(=O)Nc3c(C#N)cnn3-c3ccc4ccccc4n3)CC2)n1. The minimum absolute atomic E-state index is 0.125. The van der Waals surface area contributed by atoms with E-state index in [-0.39, 0.29) is 11.8 Å². The topological polar surface area (TPSA) is 113 Å². The van der Waals surface area contributed by atoms with Crippen LogP contribution in [0.15, 0.2) is 48.7 Å². The predicted octanol–water partition coefficient (Wildman–Crippen LogP) is 3.55. The molecule has 9 nitrogen and oxygen atoms in total. The summed E-state index contributed by atoms with van der Waals surface area (Å²) in [7, 11) is 0. The molecule has 1 aliphatic heterocycles. The van der Waals surface area contributed by atoms with E-state index in [0.29, 0.717) is 49.1 Å². The van der Waals surface area contributed by atoms with Gasteiger partial charge in [-0.1, -0.05) is 18.2 Å². The lowest BCUT2D eigenvalue weighted by atomic mass is 9.96. The molecule has 3 aromatic heterocycles. The van der Waals surface area contributed by atoms with Gasteiger partial charge in [-0.3, -0.25) is 4.79 Å². The highest BCUT2D eigenvalue weighted by molar-refractivity contribution is 5.93. The second-order valence-electron chi connectivity index (χ2n) is 8.49. The number of aryl methyl sites for hydroxylation is 2. The van der Waals surface area contributed by atoms with E-state index in [0.717, 1.165) is 22.3 Å². The second kappa shape index (κ2) is 8.90. The Morgan fingerprint density at radius 2 is 1.79 bits per heavy atom. The zero-order valence-corrected chi connectivity index (χ0v) is 19.1. The van der Waals surface area contributed by atoms with Crippen LogP contribution in [0.5, 0.6) is 0 Å². The summed E-state index contributed by atoms with van der Waals surface area (Å²) in [6.45, 7) is 5.30. The van der Waals surface area contributed by atoms with E-state index in [4.69, 9.17) is 0 Å². The van der Waals surface area contributed by atoms with Gasteiger partial charge in [-0.2, -0.15) is 15.0 Å². The van der Waals surface area contributed by atoms with Gasteiger partial charge < -0.3 is 10.2 Å². The van der Waals surface area contributed by atoms with Crippen LogP contribution < -0.4 is 10.2 Å². The molecule has 0 aliphatic carbocycles. The van der Waals surface area contributed by atoms with E-state index in [1.165, 1.54) is 10.9 Å². The summed E-state index contributed by atoms with van der Waals surface area (Å²) in [5.41, 5.74) is 2.97. The molecule has 9 heteroatoms. The Labute approximate surface area is 197 Å². The third-order valence-corrected chi connectivity index (χ3v) is 6.05. The number of carbonyl (C=O) groups is 1. The summed E-state index contributed by atoms with van der Waals surface area (Å²) < 4.78 is 1.52. The van der Waals surface area contributed by atoms with Crippen molar-refractivity contribution in [1.82, 2.24) is 24.7 Å². The summed E-state index contributed by atoms with van der Waals surface area (Å²) in [5.74, 6) is 1.29. The fraction of sp³-hybridized carbons (Fsp3) is 0.280. The standard InChI is InChI=1S/C25H24N8O/c1-16-13-17(2)29-25(28-16)32-11-9-19(10-12-32)24(34)31-23-20(14-26)15-27-33(23)22-8-7-18-5-3-4-6-21(18)30-22/h3-8,13,15,19H,9-12H2,1-2H3,(H,31,34). The second-order valence-corrected chi connectivity index (χ2v) is 8.49. The summed E-state index contributed by atoms with van der Waals surface area (Å²) in [4.78, 5) is 29.0. The first-order chi connectivity index (χ1) is 16.5. The van der Waals surface area contributed by atoms with Gasteiger partial charge in [0.1, 0.15) is 11.6 Å². The highest BCUT2D eigenvalue weighted by Gasteiger charge is 2.28. The molecule has 1 aliphatic rings. The Bertz CT molecular complexity index is 1390. The van der Waals surface area contributed by atoms with Crippen LogP contribution in [-0.2, 0) is 4.79 Å². The minimum Gasteiger partial charge on any atom is -0.341 e. The van der Waals surface area contributed by atoms with E-state index in [2.05, 4.69) is 36.3 Å². The number of nitriles is 1. The maximum Gasteiger partial charge on any atom is 0.228 e. The van der Waals surface area contributed by atoms with E-state index in [1.54, 1.807) is 0 Å². The van der Waals surface area contributed by atoms with Gasteiger partial charge in [-0.05, 0) is 51.0 Å². The van der Waals surface area contributed by atoms with Crippen LogP contribution in [0.4, 0.5) is 11.8 Å². The fourth-order valence-corrected chi connectivity index (χ4v) is 4.31. The van der Waals surface area contributed by atoms with Crippen molar-refractivity contribution in [1.29, 1.82) is 5.26 Å². The summed E-state index contributed by atoms with van der Waals surface area (Å²) >= 11 is 0. The van der Waals surface area contributed by atoms with E-state index < -0.39 is 0 Å². The molecule has 1 aromatic carbocycles. The van der Waals surface area contributed by atoms with Gasteiger partial charge >= 0.3 is 0 Å². The van der Waals surface area contributed by atoms with E-state index in [9.17, 15) is 10.1 Å². The van der Waals surface area contributed by atoms with Crippen LogP contribution in [0.1, 0.15) is 29.8 Å². The van der Waals surface area contributed by atoms with Crippen molar-refractivity contribution >= 4 is 28.6 Å². The first kappa shape index (κ1) is 21.5. The first-order valence-electron chi connectivity index (χ1n) is 11.2. The summed E-state index contributed by atoms with van der Waals surface area (Å²) in [6.07, 6.45) is 2.80. The van der Waals surface area contributed by atoms with Crippen molar-refractivity contribution in [3.05, 3.63) is 65.6 Å². The number of benzene rings is 1. The molecule has 0 saturated carbocycles. The number of fused-ring (bicyclic) bond motifs is 1. The van der Waals surface area contributed by atoms with Crippen LogP contribution >= 0.6 is 0 Å². The molecule has 1 amide bonds. The zero-order chi connectivity index (χ0) is 23.7. The van der Waals surface area contributed by atoms with Crippen molar-refractivity contribution in [2.75, 3.05) is 23.3 Å². The molecule has 4 aromatic rings. The lowest BCUT2D eigenvalue weighted by Gasteiger charge is -2.31. The maximum atomic E-state index is 13.1. The van der Waals surface area contributed by atoms with Crippen molar-refractivity contribution in [3.63, 3.8) is 0 Å². The van der Waals surface area contributed by atoms with Gasteiger partial charge in [0.2, 0.25) is 11.9 Å². The molecule has 1 fully saturated rings. The number of anilines is 2. The Hall–Kier alpha value is -4.32. The number of carbonyl (C=O) groups excluding carboxylic acids is 1. The van der Waals surface area contributed by atoms with Gasteiger partial charge in [0.25, 0.3) is 0 Å². The maximum absolute atomic E-state index is 13.1. The number of para-hydroxylation sites is 1. The zero-order valence-electron chi connectivity index (χ0n) is 19.1. The molecule has 0 unspecified atom stereocenters. The van der Waals surface area contributed by atoms with Gasteiger partial charge in [0, 0.05) is 35.8 Å². The number of nitrogens with zero attached hydrogens (tertiary/aromatic N) is 7. The molecule has 34 heavy (non-hydrogen) atoms. The number of amides is 1. The number of rotatable bonds is 4. The van der Waals surface area contributed by atoms with Crippen molar-refractivity contribution < 1.29 is 4.79 Å². The molecule has 5 rings (SSSR count). The third kappa shape index (κ3) is 4.18. The number of piperidine rings is 1. The normalized spacial score (nSPS) is 14.2. The van der Waals surface area contributed by atoms with Crippen LogP contribution in [0.25, 0.3) is 16.7 Å². The molecular formula is C25H24N8O. The number of hydrogen-bond donors (Lipinski definition) is 1. The summed E-state index contributed by atoms with van der Waals surface area (Å²) in [5, 5.41) is 17.9. The van der Waals surface area contributed by atoms with Gasteiger partial charge in [0.05, 0.1) is 11.7 Å². The number of hydrogen-bond acceptors (Lipinski definition) is 7. The van der Waals surface area contributed by atoms with Crippen molar-refractivity contribution in [2.45, 2.75) is 26.7 Å². The molecule has 0 radical (unpaired) electrons. The highest BCUT2D eigenvalue weighted by Crippen LogP contribution is 2.25. The highest BCUT2D eigenvalue weighted by atomic mass is 16.2. The fourth-order valence-electron chi connectivity index (χ4n) is 4.31. The Morgan fingerprint density at radius 1 is 1.06 bits per heavy atom. The number of aromatic nitrogens is 5. The van der Waals surface area contributed by atoms with Crippen LogP contribution in [-0.4, -0.2) is 43.7 Å². The van der Waals surface area contributed by atoms with Crippen LogP contribution in [0.3, 0.4) is 0 Å². The first-order valence-corrected chi connectivity index (χ1v) is 11.2. The van der Waals surface area contributed by atoms with Gasteiger partial charge in [-0.25, -0.2) is 15.0 Å². The van der Waals surface area contributed by atoms with E-state index in [1.807, 2.05) is 56.3 Å². The van der Waals surface area contributed by atoms with Gasteiger partial charge in [-0.15, -0.1) is 0 Å². The quantitative estimate of drug-likeness (QED) is 0.504. The average molecular weight is 453 g/mol. The molecule has 0 atom stereocenters. The van der Waals surface area contributed by atoms with Crippen LogP contribution in [0, 0.1) is 31.1 Å². The van der Waals surface area contributed by atoms with E-state index >= 15 is 0 Å². The average Bonchev–Trinajstić information content (AvgIpc) is 3.25. The molecule has 170 valence electrons. The molecule has 0 bridgehead atoms. The lowest BCUT2D eigenvalue weighted by Crippen LogP contribution is -2.39. The number of nitrogens with one attached hydrogen (secondary N) is 1. The van der Waals surface area contributed by atoms with Crippen molar-refractivity contribution in [3.8, 4) is 11.9 Å². The minimum atomic E-state index is -0.179. The molecule has 1 N–H and O–H groups in total. The monoisotopic (exact) mass is 452 g/mol. The Kier molecular flexibility index (Phi) is 5.64. The number of pyridine rings is 1. The molecule has 4 heterocycles. The smallest absolute Gasteiger partial charge is 0.228 e. The molecule has 0 spiro atoms. The van der Waals surface area contributed by atoms with Gasteiger partial charge in [0.15, 0.2) is 11.6 Å². The predicted molar refractivity (Wildman–Crippen MR) is 129 cm³/mol. The summed E-state index contributed by atoms with van der Waals surface area (Å²) in [6, 6.07) is 15.6. The van der Waals surface area contributed by atoms with Crippen molar-refractivity contribution in [2.24, 2.45) is 5.92 Å². The molecular weight excluding hydrogens is 428 g/mol. The largest absolute Gasteiger partial charge is 0.341 e.